The van der Waals surface area contributed by atoms with Gasteiger partial charge >= 0.3 is 0 Å². The largest absolute Gasteiger partial charge is 0.497 e. The first-order valence-electron chi connectivity index (χ1n) is 8.57. The van der Waals surface area contributed by atoms with Gasteiger partial charge in [0.1, 0.15) is 17.1 Å². The van der Waals surface area contributed by atoms with Crippen LogP contribution in [0.3, 0.4) is 0 Å². The first-order valence-corrected chi connectivity index (χ1v) is 8.57. The normalized spacial score (nSPS) is 10.8. The summed E-state index contributed by atoms with van der Waals surface area (Å²) in [5.41, 5.74) is 2.62. The number of nitrogens with zero attached hydrogens (tertiary/aromatic N) is 3. The van der Waals surface area contributed by atoms with Crippen LogP contribution in [0.15, 0.2) is 42.9 Å². The fourth-order valence-electron chi connectivity index (χ4n) is 2.59. The van der Waals surface area contributed by atoms with Crippen molar-refractivity contribution in [1.29, 1.82) is 0 Å². The molecule has 1 aromatic carbocycles. The van der Waals surface area contributed by atoms with Gasteiger partial charge in [0, 0.05) is 43.9 Å². The molecule has 0 saturated carbocycles. The number of nitrogens with one attached hydrogen (secondary N) is 1. The molecule has 0 aliphatic heterocycles. The summed E-state index contributed by atoms with van der Waals surface area (Å²) in [6, 6.07) is 7.58. The Kier molecular flexibility index (Phi) is 5.80. The van der Waals surface area contributed by atoms with Gasteiger partial charge in [-0.3, -0.25) is 9.78 Å². The molecule has 0 spiro atoms. The van der Waals surface area contributed by atoms with Crippen LogP contribution >= 0.6 is 0 Å². The van der Waals surface area contributed by atoms with E-state index < -0.39 is 0 Å². The summed E-state index contributed by atoms with van der Waals surface area (Å²) >= 11 is 0. The highest BCUT2D eigenvalue weighted by Crippen LogP contribution is 2.24. The Morgan fingerprint density at radius 2 is 2.08 bits per heavy atom. The summed E-state index contributed by atoms with van der Waals surface area (Å²) in [5.74, 6) is 0.571. The summed E-state index contributed by atoms with van der Waals surface area (Å²) in [6.45, 7) is 3.81. The monoisotopic (exact) mass is 354 g/mol. The molecular weight excluding hydrogens is 332 g/mol. The molecule has 7 nitrogen and oxygen atoms in total. The zero-order valence-electron chi connectivity index (χ0n) is 14.9. The number of imidazole rings is 1. The minimum atomic E-state index is -0.203. The minimum Gasteiger partial charge on any atom is -0.497 e. The average Bonchev–Trinajstić information content (AvgIpc) is 3.12. The van der Waals surface area contributed by atoms with Gasteiger partial charge in [-0.05, 0) is 37.6 Å². The van der Waals surface area contributed by atoms with E-state index in [1.807, 2.05) is 35.6 Å². The van der Waals surface area contributed by atoms with Crippen LogP contribution in [-0.2, 0) is 4.74 Å². The highest BCUT2D eigenvalue weighted by Gasteiger charge is 2.14. The summed E-state index contributed by atoms with van der Waals surface area (Å²) in [6.07, 6.45) is 5.95. The van der Waals surface area contributed by atoms with Gasteiger partial charge in [0.25, 0.3) is 5.91 Å². The van der Waals surface area contributed by atoms with Crippen molar-refractivity contribution in [3.8, 4) is 17.0 Å². The summed E-state index contributed by atoms with van der Waals surface area (Å²) in [7, 11) is 1.63. The van der Waals surface area contributed by atoms with Crippen LogP contribution in [0.5, 0.6) is 5.75 Å². The topological polar surface area (TPSA) is 77.8 Å². The lowest BCUT2D eigenvalue weighted by Crippen LogP contribution is -2.25. The standard InChI is InChI=1S/C19H22N4O3/c1-3-26-12-4-9-21-19(24)16-13-23-11-10-20-17(18(23)22-16)14-5-7-15(25-2)8-6-14/h5-8,10-11,13H,3-4,9,12H2,1-2H3,(H,21,24). The number of carbonyl (C=O) groups excluding carboxylic acids is 1. The molecule has 1 amide bonds. The first-order chi connectivity index (χ1) is 12.7. The molecular formula is C19H22N4O3. The second kappa shape index (κ2) is 8.44. The number of methoxy groups -OCH3 is 1. The first kappa shape index (κ1) is 17.9. The van der Waals surface area contributed by atoms with Gasteiger partial charge in [0.2, 0.25) is 0 Å². The second-order valence-corrected chi connectivity index (χ2v) is 5.67. The van der Waals surface area contributed by atoms with E-state index in [0.717, 1.165) is 17.7 Å². The molecule has 0 unspecified atom stereocenters. The molecule has 3 aromatic rings. The van der Waals surface area contributed by atoms with Crippen molar-refractivity contribution < 1.29 is 14.3 Å². The van der Waals surface area contributed by atoms with Crippen molar-refractivity contribution in [2.24, 2.45) is 0 Å². The maximum Gasteiger partial charge on any atom is 0.271 e. The minimum absolute atomic E-state index is 0.203. The van der Waals surface area contributed by atoms with Crippen LogP contribution in [0.1, 0.15) is 23.8 Å². The van der Waals surface area contributed by atoms with Crippen LogP contribution in [0.4, 0.5) is 0 Å². The second-order valence-electron chi connectivity index (χ2n) is 5.67. The summed E-state index contributed by atoms with van der Waals surface area (Å²) < 4.78 is 12.3. The molecule has 0 aliphatic carbocycles. The predicted molar refractivity (Wildman–Crippen MR) is 98.4 cm³/mol. The molecule has 26 heavy (non-hydrogen) atoms. The molecule has 0 fully saturated rings. The van der Waals surface area contributed by atoms with Crippen molar-refractivity contribution in [3.05, 3.63) is 48.5 Å². The molecule has 0 saturated heterocycles. The van der Waals surface area contributed by atoms with Crippen molar-refractivity contribution in [1.82, 2.24) is 19.7 Å². The number of hydrogen-bond acceptors (Lipinski definition) is 5. The molecule has 7 heteroatoms. The summed E-state index contributed by atoms with van der Waals surface area (Å²) in [5, 5.41) is 2.86. The Hall–Kier alpha value is -2.93. The number of fused-ring (bicyclic) bond motifs is 1. The van der Waals surface area contributed by atoms with E-state index >= 15 is 0 Å². The van der Waals surface area contributed by atoms with Gasteiger partial charge in [0.05, 0.1) is 7.11 Å². The van der Waals surface area contributed by atoms with Gasteiger partial charge < -0.3 is 19.2 Å². The van der Waals surface area contributed by atoms with Gasteiger partial charge in [-0.25, -0.2) is 4.98 Å². The Balaban J connectivity index is 1.79. The van der Waals surface area contributed by atoms with Crippen molar-refractivity contribution in [2.45, 2.75) is 13.3 Å². The van der Waals surface area contributed by atoms with Crippen molar-refractivity contribution >= 4 is 11.6 Å². The predicted octanol–water partition coefficient (Wildman–Crippen LogP) is 2.56. The highest BCUT2D eigenvalue weighted by atomic mass is 16.5. The fourth-order valence-corrected chi connectivity index (χ4v) is 2.59. The Labute approximate surface area is 152 Å². The molecule has 136 valence electrons. The number of amides is 1. The maximum absolute atomic E-state index is 12.3. The lowest BCUT2D eigenvalue weighted by atomic mass is 10.1. The van der Waals surface area contributed by atoms with Gasteiger partial charge in [-0.15, -0.1) is 0 Å². The van der Waals surface area contributed by atoms with Crippen LogP contribution in [0, 0.1) is 0 Å². The Bertz CT molecular complexity index is 874. The quantitative estimate of drug-likeness (QED) is 0.629. The third-order valence-electron chi connectivity index (χ3n) is 3.93. The molecule has 1 N–H and O–H groups in total. The smallest absolute Gasteiger partial charge is 0.271 e. The van der Waals surface area contributed by atoms with Crippen LogP contribution in [-0.4, -0.2) is 47.1 Å². The van der Waals surface area contributed by atoms with Crippen molar-refractivity contribution in [2.75, 3.05) is 26.9 Å². The molecule has 0 atom stereocenters. The van der Waals surface area contributed by atoms with Gasteiger partial charge in [0.15, 0.2) is 5.65 Å². The zero-order valence-corrected chi connectivity index (χ0v) is 14.9. The Morgan fingerprint density at radius 1 is 1.27 bits per heavy atom. The van der Waals surface area contributed by atoms with E-state index in [1.54, 1.807) is 25.7 Å². The highest BCUT2D eigenvalue weighted by molar-refractivity contribution is 5.93. The number of hydrogen-bond donors (Lipinski definition) is 1. The molecule has 0 radical (unpaired) electrons. The Morgan fingerprint density at radius 3 is 2.81 bits per heavy atom. The number of rotatable bonds is 8. The van der Waals surface area contributed by atoms with E-state index in [2.05, 4.69) is 15.3 Å². The number of aromatic nitrogens is 3. The average molecular weight is 354 g/mol. The van der Waals surface area contributed by atoms with Gasteiger partial charge in [-0.2, -0.15) is 0 Å². The number of benzene rings is 1. The lowest BCUT2D eigenvalue weighted by molar-refractivity contribution is 0.0940. The van der Waals surface area contributed by atoms with Gasteiger partial charge in [-0.1, -0.05) is 0 Å². The molecule has 3 rings (SSSR count). The van der Waals surface area contributed by atoms with E-state index in [1.165, 1.54) is 0 Å². The lowest BCUT2D eigenvalue weighted by Gasteiger charge is -2.04. The van der Waals surface area contributed by atoms with Crippen LogP contribution in [0.2, 0.25) is 0 Å². The van der Waals surface area contributed by atoms with Crippen molar-refractivity contribution in [3.63, 3.8) is 0 Å². The molecule has 2 heterocycles. The SMILES string of the molecule is CCOCCCNC(=O)c1cn2ccnc(-c3ccc(OC)cc3)c2n1. The van der Waals surface area contributed by atoms with Crippen LogP contribution in [0.25, 0.3) is 16.9 Å². The molecule has 2 aromatic heterocycles. The maximum atomic E-state index is 12.3. The third kappa shape index (κ3) is 4.00. The van der Waals surface area contributed by atoms with E-state index in [4.69, 9.17) is 9.47 Å². The number of carbonyl (C=O) groups is 1. The van der Waals surface area contributed by atoms with E-state index in [9.17, 15) is 4.79 Å². The third-order valence-corrected chi connectivity index (χ3v) is 3.93. The molecule has 0 bridgehead atoms. The fraction of sp³-hybridized carbons (Fsp3) is 0.316. The summed E-state index contributed by atoms with van der Waals surface area (Å²) in [4.78, 5) is 21.2. The van der Waals surface area contributed by atoms with Crippen LogP contribution < -0.4 is 10.1 Å². The molecule has 0 aliphatic rings. The van der Waals surface area contributed by atoms with E-state index in [0.29, 0.717) is 36.8 Å². The number of ether oxygens (including phenoxy) is 2. The zero-order chi connectivity index (χ0) is 18.4. The van der Waals surface area contributed by atoms with E-state index in [-0.39, 0.29) is 5.91 Å².